The Morgan fingerprint density at radius 1 is 0.938 bits per heavy atom. The van der Waals surface area contributed by atoms with Gasteiger partial charge in [-0.1, -0.05) is 6.92 Å². The minimum absolute atomic E-state index is 0.0149. The van der Waals surface area contributed by atoms with Gasteiger partial charge < -0.3 is 25.6 Å². The Bertz CT molecular complexity index is 922. The van der Waals surface area contributed by atoms with Crippen LogP contribution in [-0.4, -0.2) is 61.5 Å². The van der Waals surface area contributed by atoms with Crippen LogP contribution in [-0.2, 0) is 9.53 Å². The van der Waals surface area contributed by atoms with Crippen molar-refractivity contribution in [2.75, 3.05) is 43.5 Å². The number of hydrogen-bond donors (Lipinski definition) is 3. The highest BCUT2D eigenvalue weighted by molar-refractivity contribution is 5.97. The molecule has 3 rings (SSSR count). The Hall–Kier alpha value is -3.39. The summed E-state index contributed by atoms with van der Waals surface area (Å²) >= 11 is 0. The van der Waals surface area contributed by atoms with Crippen LogP contribution in [0.5, 0.6) is 0 Å². The molecule has 1 unspecified atom stereocenters. The number of hydrogen-bond acceptors (Lipinski definition) is 5. The summed E-state index contributed by atoms with van der Waals surface area (Å²) in [6, 6.07) is 14.0. The molecule has 0 bridgehead atoms. The van der Waals surface area contributed by atoms with Gasteiger partial charge in [0.05, 0.1) is 19.8 Å². The van der Waals surface area contributed by atoms with E-state index >= 15 is 0 Å². The first-order valence-corrected chi connectivity index (χ1v) is 10.9. The van der Waals surface area contributed by atoms with Crippen LogP contribution in [0.25, 0.3) is 0 Å². The summed E-state index contributed by atoms with van der Waals surface area (Å²) < 4.78 is 5.28. The van der Waals surface area contributed by atoms with E-state index in [-0.39, 0.29) is 30.3 Å². The lowest BCUT2D eigenvalue weighted by molar-refractivity contribution is -0.114. The number of carbonyl (C=O) groups is 3. The summed E-state index contributed by atoms with van der Waals surface area (Å²) in [5.74, 6) is -0.358. The second-order valence-corrected chi connectivity index (χ2v) is 7.74. The third-order valence-electron chi connectivity index (χ3n) is 5.30. The highest BCUT2D eigenvalue weighted by Crippen LogP contribution is 2.13. The molecule has 2 aromatic rings. The topological polar surface area (TPSA) is 99.8 Å². The number of carbonyl (C=O) groups excluding carboxylic acids is 3. The number of nitrogens with one attached hydrogen (secondary N) is 3. The molecule has 170 valence electrons. The van der Waals surface area contributed by atoms with Crippen molar-refractivity contribution >= 4 is 29.1 Å². The Morgan fingerprint density at radius 3 is 2.16 bits per heavy atom. The Labute approximate surface area is 188 Å². The summed E-state index contributed by atoms with van der Waals surface area (Å²) in [7, 11) is 0. The SMILES string of the molecule is CCC(C)NC(=O)c1ccc(NC(=O)CNc2ccc(C(=O)N3CCOCC3)cc2)cc1. The predicted molar refractivity (Wildman–Crippen MR) is 124 cm³/mol. The van der Waals surface area contributed by atoms with Gasteiger partial charge in [0.25, 0.3) is 11.8 Å². The van der Waals surface area contributed by atoms with Crippen molar-refractivity contribution in [3.8, 4) is 0 Å². The zero-order valence-electron chi connectivity index (χ0n) is 18.5. The van der Waals surface area contributed by atoms with Gasteiger partial charge in [0, 0.05) is 41.6 Å². The van der Waals surface area contributed by atoms with Crippen LogP contribution in [0.3, 0.4) is 0 Å². The minimum Gasteiger partial charge on any atom is -0.378 e. The van der Waals surface area contributed by atoms with E-state index in [0.29, 0.717) is 43.1 Å². The zero-order valence-corrected chi connectivity index (χ0v) is 18.5. The monoisotopic (exact) mass is 438 g/mol. The van der Waals surface area contributed by atoms with Crippen molar-refractivity contribution in [2.24, 2.45) is 0 Å². The molecule has 8 heteroatoms. The highest BCUT2D eigenvalue weighted by atomic mass is 16.5. The molecule has 1 heterocycles. The summed E-state index contributed by atoms with van der Waals surface area (Å²) in [5, 5.41) is 8.75. The molecule has 8 nitrogen and oxygen atoms in total. The van der Waals surface area contributed by atoms with Gasteiger partial charge in [0.15, 0.2) is 0 Å². The molecular weight excluding hydrogens is 408 g/mol. The van der Waals surface area contributed by atoms with Gasteiger partial charge in [-0.2, -0.15) is 0 Å². The molecule has 0 spiro atoms. The molecule has 0 aromatic heterocycles. The van der Waals surface area contributed by atoms with E-state index in [1.165, 1.54) is 0 Å². The lowest BCUT2D eigenvalue weighted by atomic mass is 10.1. The lowest BCUT2D eigenvalue weighted by Gasteiger charge is -2.26. The van der Waals surface area contributed by atoms with Crippen LogP contribution in [0.15, 0.2) is 48.5 Å². The molecular formula is C24H30N4O4. The summed E-state index contributed by atoms with van der Waals surface area (Å²) in [5.41, 5.74) is 2.52. The predicted octanol–water partition coefficient (Wildman–Crippen LogP) is 2.74. The van der Waals surface area contributed by atoms with E-state index < -0.39 is 0 Å². The van der Waals surface area contributed by atoms with Gasteiger partial charge >= 0.3 is 0 Å². The van der Waals surface area contributed by atoms with Gasteiger partial charge in [-0.3, -0.25) is 14.4 Å². The third kappa shape index (κ3) is 6.55. The van der Waals surface area contributed by atoms with E-state index in [2.05, 4.69) is 16.0 Å². The Morgan fingerprint density at radius 2 is 1.53 bits per heavy atom. The molecule has 0 saturated carbocycles. The quantitative estimate of drug-likeness (QED) is 0.589. The zero-order chi connectivity index (χ0) is 22.9. The first kappa shape index (κ1) is 23.3. The number of nitrogens with zero attached hydrogens (tertiary/aromatic N) is 1. The fourth-order valence-corrected chi connectivity index (χ4v) is 3.18. The summed E-state index contributed by atoms with van der Waals surface area (Å²) in [4.78, 5) is 38.6. The molecule has 0 radical (unpaired) electrons. The molecule has 3 amide bonds. The molecule has 1 aliphatic heterocycles. The van der Waals surface area contributed by atoms with Crippen molar-refractivity contribution in [2.45, 2.75) is 26.3 Å². The lowest BCUT2D eigenvalue weighted by Crippen LogP contribution is -2.40. The van der Waals surface area contributed by atoms with Crippen molar-refractivity contribution < 1.29 is 19.1 Å². The molecule has 1 aliphatic rings. The summed E-state index contributed by atoms with van der Waals surface area (Å²) in [6.45, 7) is 6.37. The normalized spacial score (nSPS) is 14.4. The first-order valence-electron chi connectivity index (χ1n) is 10.9. The first-order chi connectivity index (χ1) is 15.5. The maximum Gasteiger partial charge on any atom is 0.254 e. The molecule has 32 heavy (non-hydrogen) atoms. The maximum atomic E-state index is 12.5. The van der Waals surface area contributed by atoms with Crippen LogP contribution < -0.4 is 16.0 Å². The second kappa shape index (κ2) is 11.3. The molecule has 2 aromatic carbocycles. The number of anilines is 2. The van der Waals surface area contributed by atoms with Crippen LogP contribution in [0.4, 0.5) is 11.4 Å². The molecule has 3 N–H and O–H groups in total. The van der Waals surface area contributed by atoms with E-state index in [4.69, 9.17) is 4.74 Å². The largest absolute Gasteiger partial charge is 0.378 e. The molecule has 1 atom stereocenters. The van der Waals surface area contributed by atoms with Crippen LogP contribution in [0.2, 0.25) is 0 Å². The van der Waals surface area contributed by atoms with Crippen molar-refractivity contribution in [3.05, 3.63) is 59.7 Å². The van der Waals surface area contributed by atoms with Crippen molar-refractivity contribution in [3.63, 3.8) is 0 Å². The molecule has 0 aliphatic carbocycles. The Kier molecular flexibility index (Phi) is 8.21. The van der Waals surface area contributed by atoms with Crippen molar-refractivity contribution in [1.82, 2.24) is 10.2 Å². The van der Waals surface area contributed by atoms with Crippen LogP contribution in [0.1, 0.15) is 41.0 Å². The number of morpholine rings is 1. The average molecular weight is 439 g/mol. The van der Waals surface area contributed by atoms with Crippen LogP contribution in [0, 0.1) is 0 Å². The number of benzene rings is 2. The van der Waals surface area contributed by atoms with Gasteiger partial charge in [-0.25, -0.2) is 0 Å². The van der Waals surface area contributed by atoms with Crippen LogP contribution >= 0.6 is 0 Å². The van der Waals surface area contributed by atoms with Crippen molar-refractivity contribution in [1.29, 1.82) is 0 Å². The fraction of sp³-hybridized carbons (Fsp3) is 0.375. The highest BCUT2D eigenvalue weighted by Gasteiger charge is 2.18. The third-order valence-corrected chi connectivity index (χ3v) is 5.30. The fourth-order valence-electron chi connectivity index (χ4n) is 3.18. The molecule has 1 fully saturated rings. The minimum atomic E-state index is -0.213. The standard InChI is InChI=1S/C24H30N4O4/c1-3-17(2)26-23(30)18-4-10-21(11-5-18)27-22(29)16-25-20-8-6-19(7-9-20)24(31)28-12-14-32-15-13-28/h4-11,17,25H,3,12-16H2,1-2H3,(H,26,30)(H,27,29). The number of amides is 3. The van der Waals surface area contributed by atoms with E-state index in [9.17, 15) is 14.4 Å². The van der Waals surface area contributed by atoms with E-state index in [1.807, 2.05) is 13.8 Å². The van der Waals surface area contributed by atoms with E-state index in [0.717, 1.165) is 12.1 Å². The maximum absolute atomic E-state index is 12.5. The Balaban J connectivity index is 1.46. The van der Waals surface area contributed by atoms with Gasteiger partial charge in [-0.15, -0.1) is 0 Å². The smallest absolute Gasteiger partial charge is 0.254 e. The number of ether oxygens (including phenoxy) is 1. The van der Waals surface area contributed by atoms with Gasteiger partial charge in [0.1, 0.15) is 0 Å². The summed E-state index contributed by atoms with van der Waals surface area (Å²) in [6.07, 6.45) is 0.861. The van der Waals surface area contributed by atoms with E-state index in [1.54, 1.807) is 53.4 Å². The second-order valence-electron chi connectivity index (χ2n) is 7.74. The average Bonchev–Trinajstić information content (AvgIpc) is 2.83. The molecule has 1 saturated heterocycles. The number of rotatable bonds is 8. The van der Waals surface area contributed by atoms with Gasteiger partial charge in [-0.05, 0) is 61.9 Å². The van der Waals surface area contributed by atoms with Gasteiger partial charge in [0.2, 0.25) is 5.91 Å².